The topological polar surface area (TPSA) is 55.4 Å². The SMILES string of the molecule is CCc1cc(OCc2cc(OCc3cc(C)cc(C)c3)cc(OCc3cc(C)cc(C)c3)c2)cc(OCc2cc(OCc3cc(C)cc(C)c3)cc(OCc3cc(C)cc(C)c3)c2)c1. The van der Waals surface area contributed by atoms with Crippen molar-refractivity contribution in [2.24, 2.45) is 0 Å². The van der Waals surface area contributed by atoms with Crippen molar-refractivity contribution in [3.8, 4) is 34.5 Å². The van der Waals surface area contributed by atoms with Crippen molar-refractivity contribution in [1.29, 1.82) is 0 Å². The van der Waals surface area contributed by atoms with Crippen LogP contribution in [0, 0.1) is 55.4 Å². The van der Waals surface area contributed by atoms with Crippen molar-refractivity contribution in [2.45, 2.75) is 108 Å². The third kappa shape index (κ3) is 13.7. The summed E-state index contributed by atoms with van der Waals surface area (Å²) in [5, 5.41) is 0. The van der Waals surface area contributed by atoms with E-state index in [1.807, 2.05) is 42.5 Å². The Bertz CT molecular complexity index is 2300. The number of hydrogen-bond acceptors (Lipinski definition) is 6. The van der Waals surface area contributed by atoms with Gasteiger partial charge in [-0.15, -0.1) is 0 Å². The highest BCUT2D eigenvalue weighted by Gasteiger charge is 2.12. The van der Waals surface area contributed by atoms with Crippen LogP contribution in [0.5, 0.6) is 34.5 Å². The van der Waals surface area contributed by atoms with Gasteiger partial charge < -0.3 is 28.4 Å². The van der Waals surface area contributed by atoms with E-state index in [2.05, 4.69) is 147 Å². The summed E-state index contributed by atoms with van der Waals surface area (Å²) in [4.78, 5) is 0. The number of benzene rings is 7. The molecule has 0 aliphatic carbocycles. The number of aryl methyl sites for hydroxylation is 9. The van der Waals surface area contributed by atoms with Crippen LogP contribution < -0.4 is 28.4 Å². The first-order valence-electron chi connectivity index (χ1n) is 22.3. The van der Waals surface area contributed by atoms with Crippen molar-refractivity contribution in [2.75, 3.05) is 0 Å². The highest BCUT2D eigenvalue weighted by atomic mass is 16.5. The Morgan fingerprint density at radius 1 is 0.219 bits per heavy atom. The average Bonchev–Trinajstić information content (AvgIpc) is 3.23. The average molecular weight is 855 g/mol. The van der Waals surface area contributed by atoms with Crippen LogP contribution in [0.3, 0.4) is 0 Å². The summed E-state index contributed by atoms with van der Waals surface area (Å²) in [5.41, 5.74) is 17.2. The van der Waals surface area contributed by atoms with Crippen molar-refractivity contribution in [3.63, 3.8) is 0 Å². The molecule has 0 spiro atoms. The van der Waals surface area contributed by atoms with Gasteiger partial charge in [0.05, 0.1) is 0 Å². The Morgan fingerprint density at radius 2 is 0.391 bits per heavy atom. The minimum atomic E-state index is 0.314. The zero-order chi connectivity index (χ0) is 45.2. The number of rotatable bonds is 19. The van der Waals surface area contributed by atoms with Crippen molar-refractivity contribution < 1.29 is 28.4 Å². The van der Waals surface area contributed by atoms with Crippen molar-refractivity contribution >= 4 is 0 Å². The summed E-state index contributed by atoms with van der Waals surface area (Å²) in [6, 6.07) is 44.1. The smallest absolute Gasteiger partial charge is 0.123 e. The molecular weight excluding hydrogens is 793 g/mol. The van der Waals surface area contributed by atoms with E-state index >= 15 is 0 Å². The highest BCUT2D eigenvalue weighted by Crippen LogP contribution is 2.31. The van der Waals surface area contributed by atoms with E-state index in [0.717, 1.165) is 79.9 Å². The van der Waals surface area contributed by atoms with Gasteiger partial charge in [0.25, 0.3) is 0 Å². The molecule has 0 aliphatic rings. The molecule has 0 aliphatic heterocycles. The summed E-state index contributed by atoms with van der Waals surface area (Å²) < 4.78 is 38.6. The van der Waals surface area contributed by atoms with Crippen LogP contribution in [0.2, 0.25) is 0 Å². The molecule has 64 heavy (non-hydrogen) atoms. The van der Waals surface area contributed by atoms with E-state index < -0.39 is 0 Å². The summed E-state index contributed by atoms with van der Waals surface area (Å²) >= 11 is 0. The molecule has 0 amide bonds. The molecule has 0 bridgehead atoms. The lowest BCUT2D eigenvalue weighted by Gasteiger charge is -2.16. The first kappa shape index (κ1) is 45.4. The molecule has 0 saturated carbocycles. The molecule has 0 atom stereocenters. The molecule has 0 fully saturated rings. The maximum atomic E-state index is 6.51. The molecule has 0 aromatic heterocycles. The summed E-state index contributed by atoms with van der Waals surface area (Å²) in [7, 11) is 0. The summed E-state index contributed by atoms with van der Waals surface area (Å²) in [6.45, 7) is 21.4. The van der Waals surface area contributed by atoms with Gasteiger partial charge in [-0.2, -0.15) is 0 Å². The van der Waals surface area contributed by atoms with E-state index in [4.69, 9.17) is 28.4 Å². The molecule has 0 N–H and O–H groups in total. The largest absolute Gasteiger partial charge is 0.489 e. The Labute approximate surface area is 380 Å². The van der Waals surface area contributed by atoms with Gasteiger partial charge in [0.15, 0.2) is 0 Å². The minimum absolute atomic E-state index is 0.314. The van der Waals surface area contributed by atoms with Gasteiger partial charge in [-0.3, -0.25) is 0 Å². The zero-order valence-corrected chi connectivity index (χ0v) is 39.0. The third-order valence-corrected chi connectivity index (χ3v) is 10.8. The lowest BCUT2D eigenvalue weighted by molar-refractivity contribution is 0.276. The van der Waals surface area contributed by atoms with E-state index in [9.17, 15) is 0 Å². The zero-order valence-electron chi connectivity index (χ0n) is 39.0. The maximum Gasteiger partial charge on any atom is 0.123 e. The molecule has 0 heterocycles. The van der Waals surface area contributed by atoms with E-state index in [0.29, 0.717) is 39.6 Å². The van der Waals surface area contributed by atoms with Crippen LogP contribution >= 0.6 is 0 Å². The molecule has 6 nitrogen and oxygen atoms in total. The number of hydrogen-bond donors (Lipinski definition) is 0. The Balaban J connectivity index is 1.08. The monoisotopic (exact) mass is 854 g/mol. The molecule has 7 aromatic carbocycles. The Kier molecular flexibility index (Phi) is 15.0. The molecule has 0 radical (unpaired) electrons. The van der Waals surface area contributed by atoms with Crippen LogP contribution in [0.1, 0.15) is 90.4 Å². The molecule has 7 rings (SSSR count). The molecule has 6 heteroatoms. The van der Waals surface area contributed by atoms with Gasteiger partial charge in [0.2, 0.25) is 0 Å². The van der Waals surface area contributed by atoms with Crippen LogP contribution in [0.15, 0.2) is 127 Å². The van der Waals surface area contributed by atoms with E-state index in [1.54, 1.807) is 0 Å². The number of ether oxygens (including phenoxy) is 6. The fraction of sp³-hybridized carbons (Fsp3) is 0.276. The van der Waals surface area contributed by atoms with Crippen molar-refractivity contribution in [1.82, 2.24) is 0 Å². The summed E-state index contributed by atoms with van der Waals surface area (Å²) in [6.07, 6.45) is 0.823. The Hall–Kier alpha value is -6.66. The van der Waals surface area contributed by atoms with Crippen LogP contribution in [0.25, 0.3) is 0 Å². The fourth-order valence-corrected chi connectivity index (χ4v) is 8.37. The second kappa shape index (κ2) is 21.1. The van der Waals surface area contributed by atoms with Gasteiger partial charge in [0, 0.05) is 18.2 Å². The van der Waals surface area contributed by atoms with Gasteiger partial charge in [-0.1, -0.05) is 124 Å². The molecular formula is C58H62O6. The second-order valence-corrected chi connectivity index (χ2v) is 17.5. The first-order valence-corrected chi connectivity index (χ1v) is 22.3. The maximum absolute atomic E-state index is 6.51. The minimum Gasteiger partial charge on any atom is -0.489 e. The van der Waals surface area contributed by atoms with Crippen LogP contribution in [-0.4, -0.2) is 0 Å². The Morgan fingerprint density at radius 3 is 0.578 bits per heavy atom. The van der Waals surface area contributed by atoms with E-state index in [1.165, 1.54) is 44.5 Å². The molecule has 7 aromatic rings. The normalized spacial score (nSPS) is 11.0. The van der Waals surface area contributed by atoms with Gasteiger partial charge in [0.1, 0.15) is 74.1 Å². The fourth-order valence-electron chi connectivity index (χ4n) is 8.37. The van der Waals surface area contributed by atoms with Gasteiger partial charge in [-0.05, 0) is 137 Å². The van der Waals surface area contributed by atoms with E-state index in [-0.39, 0.29) is 0 Å². The van der Waals surface area contributed by atoms with Gasteiger partial charge >= 0.3 is 0 Å². The lowest BCUT2D eigenvalue weighted by atomic mass is 10.1. The molecule has 0 saturated heterocycles. The van der Waals surface area contributed by atoms with Crippen LogP contribution in [-0.2, 0) is 46.1 Å². The first-order chi connectivity index (χ1) is 30.8. The predicted octanol–water partition coefficient (Wildman–Crippen LogP) is 14.2. The quantitative estimate of drug-likeness (QED) is 0.0808. The lowest BCUT2D eigenvalue weighted by Crippen LogP contribution is -2.03. The predicted molar refractivity (Wildman–Crippen MR) is 258 cm³/mol. The van der Waals surface area contributed by atoms with Gasteiger partial charge in [-0.25, -0.2) is 0 Å². The second-order valence-electron chi connectivity index (χ2n) is 17.5. The third-order valence-electron chi connectivity index (χ3n) is 10.8. The van der Waals surface area contributed by atoms with Crippen LogP contribution in [0.4, 0.5) is 0 Å². The standard InChI is InChI=1S/C58H62O6/c1-10-46-23-53(63-36-51-25-55(59-32-47-15-38(2)11-39(3)16-47)30-56(26-51)60-33-48-17-40(4)12-41(5)18-48)29-54(24-46)64-37-52-27-57(61-34-49-19-42(6)13-43(7)20-49)31-58(28-52)62-35-50-21-44(8)14-45(9)22-50/h11-31H,10,32-37H2,1-9H3. The highest BCUT2D eigenvalue weighted by molar-refractivity contribution is 5.43. The molecule has 0 unspecified atom stereocenters. The van der Waals surface area contributed by atoms with Crippen molar-refractivity contribution in [3.05, 3.63) is 211 Å². The molecule has 330 valence electrons. The summed E-state index contributed by atoms with van der Waals surface area (Å²) in [5.74, 6) is 4.33.